The number of aldehydes is 1. The van der Waals surface area contributed by atoms with Gasteiger partial charge in [0.1, 0.15) is 12.1 Å². The number of pyridine rings is 1. The molecule has 0 spiro atoms. The number of nitrogens with zero attached hydrogens (tertiary/aromatic N) is 3. The Kier molecular flexibility index (Phi) is 7.08. The van der Waals surface area contributed by atoms with Crippen LogP contribution < -0.4 is 10.2 Å². The number of hydrogen-bond acceptors (Lipinski definition) is 5. The predicted octanol–water partition coefficient (Wildman–Crippen LogP) is 0.280. The average molecular weight is 314 g/mol. The number of piperazine rings is 1. The molecule has 23 heavy (non-hydrogen) atoms. The normalized spacial score (nSPS) is 14.7. The quantitative estimate of drug-likeness (QED) is 0.445. The van der Waals surface area contributed by atoms with Crippen LogP contribution in [0.3, 0.4) is 0 Å². The summed E-state index contributed by atoms with van der Waals surface area (Å²) in [5.41, 5.74) is 0.842. The van der Waals surface area contributed by atoms with E-state index in [-0.39, 0.29) is 0 Å². The van der Waals surface area contributed by atoms with E-state index in [0.717, 1.165) is 56.8 Å². The summed E-state index contributed by atoms with van der Waals surface area (Å²) in [4.78, 5) is 29.6. The molecule has 0 aromatic carbocycles. The third-order valence-corrected chi connectivity index (χ3v) is 3.75. The Morgan fingerprint density at radius 1 is 1.22 bits per heavy atom. The number of carbonyl (C=O) groups excluding carboxylic acids is 2. The van der Waals surface area contributed by atoms with Crippen LogP contribution in [0.1, 0.15) is 18.4 Å². The Morgan fingerprint density at radius 3 is 2.70 bits per heavy atom. The van der Waals surface area contributed by atoms with Crippen molar-refractivity contribution in [3.05, 3.63) is 23.9 Å². The summed E-state index contributed by atoms with van der Waals surface area (Å²) in [5, 5.41) is 2.50. The Bertz CT molecular complexity index is 554. The van der Waals surface area contributed by atoms with Gasteiger partial charge in [-0.15, -0.1) is 0 Å². The van der Waals surface area contributed by atoms with E-state index in [0.29, 0.717) is 19.4 Å². The number of unbranched alkanes of at least 4 members (excludes halogenated alkanes) is 1. The zero-order chi connectivity index (χ0) is 16.3. The third kappa shape index (κ3) is 5.72. The Balaban J connectivity index is 1.80. The largest absolute Gasteiger partial charge is 0.354 e. The molecule has 1 fully saturated rings. The number of amides is 1. The first-order chi connectivity index (χ1) is 11.3. The molecule has 0 saturated carbocycles. The molecule has 6 nitrogen and oxygen atoms in total. The minimum absolute atomic E-state index is 0.345. The van der Waals surface area contributed by atoms with Crippen molar-refractivity contribution < 1.29 is 9.59 Å². The molecule has 122 valence electrons. The van der Waals surface area contributed by atoms with E-state index in [1.807, 2.05) is 12.1 Å². The first kappa shape index (κ1) is 17.0. The Labute approximate surface area is 136 Å². The van der Waals surface area contributed by atoms with E-state index >= 15 is 0 Å². The standard InChI is InChI=1S/C17H22N4O2/c22-13-2-1-8-20-9-11-21(12-10-20)17-6-5-16(14-19-17)4-3-7-18-15-23/h5-6,13-15H,1-2,7-12H2,(H,18,23). The molecule has 0 radical (unpaired) electrons. The van der Waals surface area contributed by atoms with Crippen LogP contribution in [0.4, 0.5) is 5.82 Å². The molecule has 0 unspecified atom stereocenters. The molecule has 0 atom stereocenters. The highest BCUT2D eigenvalue weighted by molar-refractivity contribution is 5.49. The van der Waals surface area contributed by atoms with E-state index in [1.165, 1.54) is 0 Å². The zero-order valence-electron chi connectivity index (χ0n) is 13.2. The predicted molar refractivity (Wildman–Crippen MR) is 89.1 cm³/mol. The fraction of sp³-hybridized carbons (Fsp3) is 0.471. The summed E-state index contributed by atoms with van der Waals surface area (Å²) in [5.74, 6) is 6.78. The maximum absolute atomic E-state index is 10.3. The summed E-state index contributed by atoms with van der Waals surface area (Å²) in [7, 11) is 0. The zero-order valence-corrected chi connectivity index (χ0v) is 13.2. The van der Waals surface area contributed by atoms with Gasteiger partial charge >= 0.3 is 0 Å². The molecule has 2 heterocycles. The van der Waals surface area contributed by atoms with Gasteiger partial charge in [-0.3, -0.25) is 9.69 Å². The van der Waals surface area contributed by atoms with Crippen molar-refractivity contribution in [1.29, 1.82) is 0 Å². The van der Waals surface area contributed by atoms with E-state index < -0.39 is 0 Å². The lowest BCUT2D eigenvalue weighted by atomic mass is 10.2. The van der Waals surface area contributed by atoms with Crippen LogP contribution in [0.5, 0.6) is 0 Å². The van der Waals surface area contributed by atoms with E-state index in [9.17, 15) is 9.59 Å². The van der Waals surface area contributed by atoms with Crippen molar-refractivity contribution in [2.45, 2.75) is 12.8 Å². The summed E-state index contributed by atoms with van der Waals surface area (Å²) in [6.45, 7) is 5.23. The number of nitrogens with one attached hydrogen (secondary N) is 1. The first-order valence-electron chi connectivity index (χ1n) is 7.86. The molecule has 1 aromatic rings. The van der Waals surface area contributed by atoms with Crippen LogP contribution in [0.25, 0.3) is 0 Å². The van der Waals surface area contributed by atoms with Crippen LogP contribution in [0.2, 0.25) is 0 Å². The van der Waals surface area contributed by atoms with Gasteiger partial charge in [0.15, 0.2) is 0 Å². The lowest BCUT2D eigenvalue weighted by Crippen LogP contribution is -2.46. The molecule has 0 aliphatic carbocycles. The van der Waals surface area contributed by atoms with Gasteiger partial charge in [0.2, 0.25) is 6.41 Å². The van der Waals surface area contributed by atoms with Gasteiger partial charge in [-0.2, -0.15) is 0 Å². The number of hydrogen-bond donors (Lipinski definition) is 1. The van der Waals surface area contributed by atoms with Gasteiger partial charge in [-0.25, -0.2) is 4.98 Å². The molecule has 1 saturated heterocycles. The molecular weight excluding hydrogens is 292 g/mol. The van der Waals surface area contributed by atoms with Crippen LogP contribution in [-0.2, 0) is 9.59 Å². The minimum atomic E-state index is 0.345. The number of anilines is 1. The van der Waals surface area contributed by atoms with Gasteiger partial charge in [-0.1, -0.05) is 11.8 Å². The van der Waals surface area contributed by atoms with Crippen LogP contribution in [-0.4, -0.2) is 61.8 Å². The Hall–Kier alpha value is -2.39. The molecule has 1 aliphatic rings. The summed E-state index contributed by atoms with van der Waals surface area (Å²) in [6.07, 6.45) is 4.97. The second kappa shape index (κ2) is 9.59. The lowest BCUT2D eigenvalue weighted by molar-refractivity contribution is -0.109. The third-order valence-electron chi connectivity index (χ3n) is 3.75. The average Bonchev–Trinajstić information content (AvgIpc) is 2.60. The molecule has 0 bridgehead atoms. The smallest absolute Gasteiger partial charge is 0.207 e. The van der Waals surface area contributed by atoms with Crippen molar-refractivity contribution in [2.24, 2.45) is 0 Å². The maximum atomic E-state index is 10.3. The van der Waals surface area contributed by atoms with Gasteiger partial charge in [0.05, 0.1) is 6.54 Å². The maximum Gasteiger partial charge on any atom is 0.207 e. The van der Waals surface area contributed by atoms with Gasteiger partial charge in [0.25, 0.3) is 0 Å². The van der Waals surface area contributed by atoms with Crippen LogP contribution in [0, 0.1) is 11.8 Å². The molecule has 6 heteroatoms. The van der Waals surface area contributed by atoms with E-state index in [2.05, 4.69) is 31.9 Å². The summed E-state index contributed by atoms with van der Waals surface area (Å²) >= 11 is 0. The first-order valence-corrected chi connectivity index (χ1v) is 7.86. The number of rotatable bonds is 7. The Morgan fingerprint density at radius 2 is 2.04 bits per heavy atom. The van der Waals surface area contributed by atoms with Gasteiger partial charge in [0, 0.05) is 44.4 Å². The molecule has 1 aromatic heterocycles. The second-order valence-electron chi connectivity index (χ2n) is 5.34. The van der Waals surface area contributed by atoms with Crippen molar-refractivity contribution >= 4 is 18.5 Å². The van der Waals surface area contributed by atoms with E-state index in [4.69, 9.17) is 0 Å². The SMILES string of the molecule is O=CCCCN1CCN(c2ccc(C#CCNC=O)cn2)CC1. The lowest BCUT2D eigenvalue weighted by Gasteiger charge is -2.35. The topological polar surface area (TPSA) is 65.5 Å². The van der Waals surface area contributed by atoms with Crippen LogP contribution >= 0.6 is 0 Å². The summed E-state index contributed by atoms with van der Waals surface area (Å²) in [6, 6.07) is 3.94. The molecule has 1 N–H and O–H groups in total. The fourth-order valence-electron chi connectivity index (χ4n) is 2.48. The highest BCUT2D eigenvalue weighted by atomic mass is 16.1. The molecule has 2 rings (SSSR count). The van der Waals surface area contributed by atoms with Crippen molar-refractivity contribution in [1.82, 2.24) is 15.2 Å². The van der Waals surface area contributed by atoms with Gasteiger partial charge < -0.3 is 15.0 Å². The summed E-state index contributed by atoms with van der Waals surface area (Å²) < 4.78 is 0. The monoisotopic (exact) mass is 314 g/mol. The van der Waals surface area contributed by atoms with Crippen molar-refractivity contribution in [2.75, 3.05) is 44.2 Å². The molecule has 1 amide bonds. The fourth-order valence-corrected chi connectivity index (χ4v) is 2.48. The minimum Gasteiger partial charge on any atom is -0.354 e. The second-order valence-corrected chi connectivity index (χ2v) is 5.34. The highest BCUT2D eigenvalue weighted by Gasteiger charge is 2.17. The van der Waals surface area contributed by atoms with Gasteiger partial charge in [-0.05, 0) is 25.1 Å². The number of carbonyl (C=O) groups is 2. The van der Waals surface area contributed by atoms with E-state index in [1.54, 1.807) is 6.20 Å². The molecular formula is C17H22N4O2. The van der Waals surface area contributed by atoms with Crippen molar-refractivity contribution in [3.63, 3.8) is 0 Å². The molecule has 1 aliphatic heterocycles. The highest BCUT2D eigenvalue weighted by Crippen LogP contribution is 2.14. The van der Waals surface area contributed by atoms with Crippen LogP contribution in [0.15, 0.2) is 18.3 Å². The van der Waals surface area contributed by atoms with Crippen molar-refractivity contribution in [3.8, 4) is 11.8 Å². The number of aromatic nitrogens is 1.